The molecule has 0 spiro atoms. The molecule has 210 valence electrons. The largest absolute Gasteiger partial charge is 0.480 e. The number of piperidine rings is 1. The Morgan fingerprint density at radius 3 is 2.45 bits per heavy atom. The van der Waals surface area contributed by atoms with Crippen molar-refractivity contribution in [3.05, 3.63) is 59.3 Å². The van der Waals surface area contributed by atoms with Crippen molar-refractivity contribution in [2.75, 3.05) is 25.1 Å². The van der Waals surface area contributed by atoms with Gasteiger partial charge in [0, 0.05) is 61.2 Å². The van der Waals surface area contributed by atoms with E-state index in [2.05, 4.69) is 19.9 Å². The Morgan fingerprint density at radius 1 is 1.10 bits per heavy atom. The highest BCUT2D eigenvalue weighted by molar-refractivity contribution is 6.08. The lowest BCUT2D eigenvalue weighted by atomic mass is 9.91. The molecule has 0 unspecified atom stereocenters. The molecule has 6 rings (SSSR count). The van der Waals surface area contributed by atoms with E-state index in [9.17, 15) is 13.2 Å². The highest BCUT2D eigenvalue weighted by Gasteiger charge is 2.35. The number of benzene rings is 1. The average Bonchev–Trinajstić information content (AvgIpc) is 3.70. The minimum atomic E-state index is -4.49. The van der Waals surface area contributed by atoms with Gasteiger partial charge in [0.1, 0.15) is 12.2 Å². The molecule has 3 heterocycles. The summed E-state index contributed by atoms with van der Waals surface area (Å²) in [6.07, 6.45) is 4.30. The van der Waals surface area contributed by atoms with Gasteiger partial charge in [-0.1, -0.05) is 0 Å². The fourth-order valence-corrected chi connectivity index (χ4v) is 5.39. The number of aryl methyl sites for hydroxylation is 1. The molecule has 3 aromatic rings. The molecular formula is C29H32F3N7O. The first kappa shape index (κ1) is 26.3. The van der Waals surface area contributed by atoms with Gasteiger partial charge in [-0.05, 0) is 56.4 Å². The fourth-order valence-electron chi connectivity index (χ4n) is 5.39. The second-order valence-corrected chi connectivity index (χ2v) is 10.7. The van der Waals surface area contributed by atoms with Gasteiger partial charge in [-0.3, -0.25) is 4.99 Å². The van der Waals surface area contributed by atoms with Gasteiger partial charge in [0.25, 0.3) is 0 Å². The summed E-state index contributed by atoms with van der Waals surface area (Å²) in [5.74, 6) is 1.09. The first-order chi connectivity index (χ1) is 19.2. The van der Waals surface area contributed by atoms with Crippen LogP contribution in [0.15, 0.2) is 47.4 Å². The van der Waals surface area contributed by atoms with Crippen molar-refractivity contribution in [2.45, 2.75) is 56.7 Å². The molecule has 8 nitrogen and oxygen atoms in total. The smallest absolute Gasteiger partial charge is 0.434 e. The number of hydrogen-bond acceptors (Lipinski definition) is 7. The Balaban J connectivity index is 1.34. The molecule has 40 heavy (non-hydrogen) atoms. The summed E-state index contributed by atoms with van der Waals surface area (Å²) in [5.41, 5.74) is 11.9. The predicted molar refractivity (Wildman–Crippen MR) is 147 cm³/mol. The van der Waals surface area contributed by atoms with Gasteiger partial charge in [-0.15, -0.1) is 0 Å². The molecule has 2 N–H and O–H groups in total. The quantitative estimate of drug-likeness (QED) is 0.444. The number of halogens is 3. The van der Waals surface area contributed by atoms with Gasteiger partial charge in [-0.2, -0.15) is 13.2 Å². The molecule has 0 bridgehead atoms. The van der Waals surface area contributed by atoms with Crippen LogP contribution in [-0.2, 0) is 13.2 Å². The molecule has 0 radical (unpaired) electrons. The van der Waals surface area contributed by atoms with Gasteiger partial charge < -0.3 is 19.9 Å². The van der Waals surface area contributed by atoms with Crippen molar-refractivity contribution >= 4 is 17.1 Å². The minimum absolute atomic E-state index is 0.265. The third-order valence-corrected chi connectivity index (χ3v) is 7.98. The van der Waals surface area contributed by atoms with E-state index >= 15 is 0 Å². The number of aliphatic imine (C=N–C) groups is 1. The maximum Gasteiger partial charge on any atom is 0.434 e. The van der Waals surface area contributed by atoms with E-state index in [0.29, 0.717) is 35.6 Å². The van der Waals surface area contributed by atoms with Crippen LogP contribution in [0.4, 0.5) is 18.9 Å². The van der Waals surface area contributed by atoms with Crippen LogP contribution in [0.5, 0.6) is 5.88 Å². The number of methoxy groups -OCH3 is 1. The van der Waals surface area contributed by atoms with Crippen molar-refractivity contribution in [2.24, 2.45) is 17.8 Å². The monoisotopic (exact) mass is 551 g/mol. The number of ether oxygens (including phenoxy) is 1. The first-order valence-electron chi connectivity index (χ1n) is 13.6. The molecular weight excluding hydrogens is 519 g/mol. The highest BCUT2D eigenvalue weighted by atomic mass is 19.4. The Hall–Kier alpha value is -3.89. The molecule has 2 saturated carbocycles. The van der Waals surface area contributed by atoms with E-state index in [1.54, 1.807) is 14.2 Å². The Labute approximate surface area is 230 Å². The summed E-state index contributed by atoms with van der Waals surface area (Å²) >= 11 is 0. The first-order valence-corrected chi connectivity index (χ1v) is 13.6. The van der Waals surface area contributed by atoms with Crippen molar-refractivity contribution in [3.8, 4) is 17.3 Å². The van der Waals surface area contributed by atoms with Crippen LogP contribution < -0.4 is 15.4 Å². The molecule has 3 fully saturated rings. The fraction of sp³-hybridized carbons (Fsp3) is 0.448. The van der Waals surface area contributed by atoms with Crippen LogP contribution in [0.25, 0.3) is 17.1 Å². The Morgan fingerprint density at radius 2 is 1.85 bits per heavy atom. The molecule has 0 amide bonds. The lowest BCUT2D eigenvalue weighted by molar-refractivity contribution is -0.140. The summed E-state index contributed by atoms with van der Waals surface area (Å²) in [6.45, 7) is 1.29. The molecule has 11 heteroatoms. The van der Waals surface area contributed by atoms with E-state index < -0.39 is 11.9 Å². The SMILES string of the molecule is COc1ncnc(C2CC2)c1/C(N)=C1\CN(c2ccc(-c3nc(C(F)(F)F)cn3C)cc2)CCC1=NC1CCC1. The second kappa shape index (κ2) is 10.3. The van der Waals surface area contributed by atoms with Crippen LogP contribution in [0.1, 0.15) is 61.4 Å². The van der Waals surface area contributed by atoms with Crippen LogP contribution in [0.2, 0.25) is 0 Å². The topological polar surface area (TPSA) is 94.5 Å². The van der Waals surface area contributed by atoms with Crippen LogP contribution in [0, 0.1) is 0 Å². The molecule has 3 aliphatic rings. The molecule has 2 aromatic heterocycles. The van der Waals surface area contributed by atoms with Crippen molar-refractivity contribution in [1.82, 2.24) is 19.5 Å². The number of aromatic nitrogens is 4. The van der Waals surface area contributed by atoms with Crippen LogP contribution in [-0.4, -0.2) is 51.5 Å². The number of nitrogens with two attached hydrogens (primary N) is 1. The second-order valence-electron chi connectivity index (χ2n) is 10.7. The van der Waals surface area contributed by atoms with E-state index in [0.717, 1.165) is 73.1 Å². The number of anilines is 1. The third kappa shape index (κ3) is 5.04. The number of rotatable bonds is 6. The summed E-state index contributed by atoms with van der Waals surface area (Å²) in [7, 11) is 3.16. The van der Waals surface area contributed by atoms with E-state index in [1.165, 1.54) is 17.3 Å². The molecule has 1 aromatic carbocycles. The normalized spacial score (nSPS) is 20.5. The third-order valence-electron chi connectivity index (χ3n) is 7.98. The van der Waals surface area contributed by atoms with Gasteiger partial charge in [-0.25, -0.2) is 15.0 Å². The zero-order chi connectivity index (χ0) is 28.0. The van der Waals surface area contributed by atoms with Gasteiger partial charge in [0.2, 0.25) is 5.88 Å². The number of hydrogen-bond donors (Lipinski definition) is 1. The maximum absolute atomic E-state index is 13.2. The zero-order valence-electron chi connectivity index (χ0n) is 22.6. The standard InChI is InChI=1S/C29H32F3N7O/c1-38-15-23(29(30,31)32)37-27(38)18-8-10-20(11-9-18)39-13-12-22(36-19-4-3-5-19)21(14-39)25(33)24-26(17-6-7-17)34-16-35-28(24)40-2/h8-11,15-17,19H,3-7,12-14,33H2,1-2H3/b25-21-,36-22?. The molecule has 0 atom stereocenters. The number of nitrogens with zero attached hydrogens (tertiary/aromatic N) is 6. The zero-order valence-corrected chi connectivity index (χ0v) is 22.6. The van der Waals surface area contributed by atoms with E-state index in [1.807, 2.05) is 24.3 Å². The van der Waals surface area contributed by atoms with E-state index in [4.69, 9.17) is 15.5 Å². The van der Waals surface area contributed by atoms with Crippen molar-refractivity contribution in [1.29, 1.82) is 0 Å². The Kier molecular flexibility index (Phi) is 6.75. The summed E-state index contributed by atoms with van der Waals surface area (Å²) in [6, 6.07) is 7.78. The lowest BCUT2D eigenvalue weighted by Crippen LogP contribution is -2.38. The van der Waals surface area contributed by atoms with Crippen molar-refractivity contribution in [3.63, 3.8) is 0 Å². The van der Waals surface area contributed by atoms with Crippen molar-refractivity contribution < 1.29 is 17.9 Å². The predicted octanol–water partition coefficient (Wildman–Crippen LogP) is 5.36. The molecule has 1 saturated heterocycles. The van der Waals surface area contributed by atoms with E-state index in [-0.39, 0.29) is 5.82 Å². The lowest BCUT2D eigenvalue weighted by Gasteiger charge is -2.34. The van der Waals surface area contributed by atoms with Gasteiger partial charge in [0.15, 0.2) is 5.69 Å². The average molecular weight is 552 g/mol. The number of imidazole rings is 1. The van der Waals surface area contributed by atoms with Crippen LogP contribution in [0.3, 0.4) is 0 Å². The number of alkyl halides is 3. The molecule has 1 aliphatic heterocycles. The van der Waals surface area contributed by atoms with Gasteiger partial charge >= 0.3 is 6.18 Å². The van der Waals surface area contributed by atoms with Crippen LogP contribution >= 0.6 is 0 Å². The summed E-state index contributed by atoms with van der Waals surface area (Å²) in [5, 5.41) is 0. The summed E-state index contributed by atoms with van der Waals surface area (Å²) in [4.78, 5) is 20.1. The maximum atomic E-state index is 13.2. The highest BCUT2D eigenvalue weighted by Crippen LogP contribution is 2.44. The summed E-state index contributed by atoms with van der Waals surface area (Å²) < 4.78 is 46.5. The Bertz CT molecular complexity index is 1470. The van der Waals surface area contributed by atoms with Gasteiger partial charge in [0.05, 0.1) is 30.1 Å². The minimum Gasteiger partial charge on any atom is -0.480 e. The molecule has 2 aliphatic carbocycles.